The van der Waals surface area contributed by atoms with E-state index in [0.717, 1.165) is 67.5 Å². The van der Waals surface area contributed by atoms with Gasteiger partial charge in [0, 0.05) is 54.4 Å². The van der Waals surface area contributed by atoms with Crippen LogP contribution in [0, 0.1) is 31.1 Å². The van der Waals surface area contributed by atoms with Crippen molar-refractivity contribution in [3.63, 3.8) is 0 Å². The lowest BCUT2D eigenvalue weighted by atomic mass is 9.74. The molecule has 0 saturated carbocycles. The highest BCUT2D eigenvalue weighted by atomic mass is 127. The molecule has 6 heterocycles. The summed E-state index contributed by atoms with van der Waals surface area (Å²) in [5.41, 5.74) is 7.18. The van der Waals surface area contributed by atoms with Crippen molar-refractivity contribution in [3.05, 3.63) is 122 Å². The van der Waals surface area contributed by atoms with Gasteiger partial charge in [-0.05, 0) is 89.3 Å². The lowest BCUT2D eigenvalue weighted by Gasteiger charge is -2.33. The van der Waals surface area contributed by atoms with E-state index in [1.165, 1.54) is 48.1 Å². The highest BCUT2D eigenvalue weighted by Crippen LogP contribution is 2.37. The molecule has 0 aliphatic carbocycles. The van der Waals surface area contributed by atoms with E-state index in [9.17, 15) is 39.5 Å². The van der Waals surface area contributed by atoms with Crippen LogP contribution in [0.3, 0.4) is 0 Å². The monoisotopic (exact) mass is 1080 g/mol. The van der Waals surface area contributed by atoms with Crippen molar-refractivity contribution in [2.45, 2.75) is 39.8 Å². The summed E-state index contributed by atoms with van der Waals surface area (Å²) >= 11 is 5.42. The van der Waals surface area contributed by atoms with Crippen LogP contribution in [0.4, 0.5) is 44.6 Å². The SMILES string of the molecule is C.CC1(C)COB(c2ccncc2C#N)OC1.FC(F)(F)c1ccc2nc(I)sc2c1.N#Cc1cnccc1-c1nc2ccc(C(F)(F)F)cc2s1.Nc1nc2ccc(C(F)(F)F)cc2s1. The van der Waals surface area contributed by atoms with Crippen molar-refractivity contribution < 1.29 is 48.8 Å². The number of pyridine rings is 2. The van der Waals surface area contributed by atoms with Crippen LogP contribution in [0.2, 0.25) is 0 Å². The topological polar surface area (TPSA) is 157 Å². The molecule has 66 heavy (non-hydrogen) atoms. The Labute approximate surface area is 396 Å². The molecule has 5 aromatic heterocycles. The minimum absolute atomic E-state index is 0. The number of nitrogens with zero attached hydrogens (tertiary/aromatic N) is 7. The number of nitriles is 2. The van der Waals surface area contributed by atoms with Gasteiger partial charge in [-0.25, -0.2) is 15.0 Å². The van der Waals surface area contributed by atoms with Crippen LogP contribution in [-0.4, -0.2) is 45.3 Å². The Kier molecular flexibility index (Phi) is 16.4. The Bertz CT molecular complexity index is 2950. The lowest BCUT2D eigenvalue weighted by Crippen LogP contribution is -2.48. The summed E-state index contributed by atoms with van der Waals surface area (Å²) in [6, 6.07) is 17.9. The summed E-state index contributed by atoms with van der Waals surface area (Å²) in [5, 5.41) is 18.8. The fourth-order valence-electron chi connectivity index (χ4n) is 5.65. The standard InChI is InChI=1S/C14H6F3N3S.C11H13BN2O2.C8H3F3INS.C8H5F3N2S.CH4/c15-14(16,17)9-1-2-11-12(5-9)21-13(20-11)10-3-4-19-7-8(10)6-18;1-11(2)7-15-12(16-8-11)10-3-4-14-6-9(10)5-13;2*9-8(10,11)4-1-2-5-6(3-4)14-7(12)13-5;/h1-5,7H;3-4,6H,7-8H2,1-2H3;1-3H;1-3H,(H2,12,13);1H4. The van der Waals surface area contributed by atoms with E-state index in [4.69, 9.17) is 25.6 Å². The number of thiazole rings is 3. The maximum Gasteiger partial charge on any atom is 0.495 e. The zero-order chi connectivity index (χ0) is 47.3. The van der Waals surface area contributed by atoms with E-state index in [2.05, 4.69) is 44.8 Å². The molecule has 0 unspecified atom stereocenters. The average Bonchev–Trinajstić information content (AvgIpc) is 3.97. The Morgan fingerprint density at radius 1 is 0.652 bits per heavy atom. The van der Waals surface area contributed by atoms with Gasteiger partial charge >= 0.3 is 25.6 Å². The third-order valence-electron chi connectivity index (χ3n) is 8.79. The molecule has 0 spiro atoms. The van der Waals surface area contributed by atoms with Gasteiger partial charge in [0.1, 0.15) is 17.1 Å². The highest BCUT2D eigenvalue weighted by Gasteiger charge is 2.35. The van der Waals surface area contributed by atoms with Crippen LogP contribution < -0.4 is 11.2 Å². The van der Waals surface area contributed by atoms with Crippen molar-refractivity contribution in [1.29, 1.82) is 10.5 Å². The van der Waals surface area contributed by atoms with Crippen molar-refractivity contribution in [2.75, 3.05) is 18.9 Å². The van der Waals surface area contributed by atoms with Gasteiger partial charge < -0.3 is 15.0 Å². The van der Waals surface area contributed by atoms with Crippen LogP contribution in [-0.2, 0) is 27.8 Å². The third kappa shape index (κ3) is 13.1. The first-order valence-corrected chi connectivity index (χ1v) is 21.8. The van der Waals surface area contributed by atoms with Gasteiger partial charge in [-0.15, -0.1) is 22.7 Å². The number of hydrogen-bond acceptors (Lipinski definition) is 13. The Balaban J connectivity index is 0.000000167. The Hall–Kier alpha value is -5.51. The molecule has 10 nitrogen and oxygen atoms in total. The number of aromatic nitrogens is 5. The number of nitrogen functional groups attached to an aromatic ring is 1. The largest absolute Gasteiger partial charge is 0.495 e. The summed E-state index contributed by atoms with van der Waals surface area (Å²) in [6.07, 6.45) is -6.88. The first kappa shape index (κ1) is 51.5. The molecule has 0 atom stereocenters. The van der Waals surface area contributed by atoms with E-state index in [1.807, 2.05) is 28.7 Å². The van der Waals surface area contributed by atoms with Crippen LogP contribution in [0.5, 0.6) is 0 Å². The van der Waals surface area contributed by atoms with E-state index < -0.39 is 42.3 Å². The zero-order valence-electron chi connectivity index (χ0n) is 33.2. The predicted octanol–water partition coefficient (Wildman–Crippen LogP) is 12.4. The first-order valence-electron chi connectivity index (χ1n) is 18.3. The second kappa shape index (κ2) is 21.0. The molecule has 1 saturated heterocycles. The van der Waals surface area contributed by atoms with Crippen LogP contribution in [0.25, 0.3) is 41.2 Å². The van der Waals surface area contributed by atoms with Crippen molar-refractivity contribution >= 4 is 105 Å². The molecule has 0 amide bonds. The Morgan fingerprint density at radius 2 is 1.11 bits per heavy atom. The minimum atomic E-state index is -4.38. The molecule has 0 bridgehead atoms. The number of benzene rings is 3. The lowest BCUT2D eigenvalue weighted by molar-refractivity contribution is -0.138. The molecule has 2 N–H and O–H groups in total. The van der Waals surface area contributed by atoms with E-state index >= 15 is 0 Å². The number of fused-ring (bicyclic) bond motifs is 3. The molecule has 342 valence electrons. The van der Waals surface area contributed by atoms with Gasteiger partial charge in [-0.3, -0.25) is 9.97 Å². The molecule has 9 rings (SSSR count). The maximum atomic E-state index is 12.7. The number of anilines is 1. The predicted molar refractivity (Wildman–Crippen MR) is 246 cm³/mol. The number of halogens is 10. The highest BCUT2D eigenvalue weighted by molar-refractivity contribution is 14.1. The summed E-state index contributed by atoms with van der Waals surface area (Å²) in [7, 11) is -0.439. The molecule has 1 aliphatic rings. The summed E-state index contributed by atoms with van der Waals surface area (Å²) < 4.78 is 125. The van der Waals surface area contributed by atoms with Gasteiger partial charge in [0.2, 0.25) is 0 Å². The number of alkyl halides is 9. The Morgan fingerprint density at radius 3 is 1.62 bits per heavy atom. The summed E-state index contributed by atoms with van der Waals surface area (Å²) in [4.78, 5) is 20.0. The molecule has 0 radical (unpaired) electrons. The van der Waals surface area contributed by atoms with Gasteiger partial charge in [0.15, 0.2) is 8.15 Å². The maximum absolute atomic E-state index is 12.7. The second-order valence-electron chi connectivity index (χ2n) is 14.3. The fraction of sp³-hybridized carbons (Fsp3) is 0.214. The smallest absolute Gasteiger partial charge is 0.407 e. The van der Waals surface area contributed by atoms with Crippen molar-refractivity contribution in [3.8, 4) is 22.7 Å². The molecule has 8 aromatic rings. The van der Waals surface area contributed by atoms with E-state index in [0.29, 0.717) is 65.6 Å². The number of nitrogens with two attached hydrogens (primary N) is 1. The molecular formula is C42H31BF9IN8O2S3. The average molecular weight is 1080 g/mol. The van der Waals surface area contributed by atoms with Crippen molar-refractivity contribution in [1.82, 2.24) is 24.9 Å². The first-order chi connectivity index (χ1) is 30.5. The van der Waals surface area contributed by atoms with Crippen LogP contribution in [0.1, 0.15) is 49.1 Å². The van der Waals surface area contributed by atoms with Crippen LogP contribution >= 0.6 is 56.6 Å². The summed E-state index contributed by atoms with van der Waals surface area (Å²) in [6.45, 7) is 5.43. The molecular weight excluding hydrogens is 1050 g/mol. The number of hydrogen-bond donors (Lipinski definition) is 1. The van der Waals surface area contributed by atoms with E-state index in [-0.39, 0.29) is 18.0 Å². The summed E-state index contributed by atoms with van der Waals surface area (Å²) in [5.74, 6) is 0. The molecule has 1 aliphatic heterocycles. The second-order valence-corrected chi connectivity index (χ2v) is 19.2. The third-order valence-corrected chi connectivity index (χ3v) is 12.4. The van der Waals surface area contributed by atoms with Gasteiger partial charge in [-0.2, -0.15) is 50.0 Å². The molecule has 1 fully saturated rings. The normalized spacial score (nSPS) is 13.5. The van der Waals surface area contributed by atoms with Crippen molar-refractivity contribution in [2.24, 2.45) is 5.41 Å². The van der Waals surface area contributed by atoms with Gasteiger partial charge in [-0.1, -0.05) is 32.6 Å². The minimum Gasteiger partial charge on any atom is -0.407 e. The van der Waals surface area contributed by atoms with Gasteiger partial charge in [0.05, 0.1) is 58.5 Å². The molecule has 24 heteroatoms. The quantitative estimate of drug-likeness (QED) is 0.100. The molecule has 3 aromatic carbocycles. The van der Waals surface area contributed by atoms with E-state index in [1.54, 1.807) is 18.3 Å². The number of rotatable bonds is 2. The zero-order valence-corrected chi connectivity index (χ0v) is 37.8. The fourth-order valence-corrected chi connectivity index (χ4v) is 9.17. The van der Waals surface area contributed by atoms with Crippen LogP contribution in [0.15, 0.2) is 91.5 Å². The van der Waals surface area contributed by atoms with Gasteiger partial charge in [0.25, 0.3) is 0 Å².